The molecular formula is C11H19N3O2. The molecule has 0 saturated carbocycles. The van der Waals surface area contributed by atoms with Gasteiger partial charge in [0.05, 0.1) is 6.04 Å². The predicted octanol–water partition coefficient (Wildman–Crippen LogP) is -0.669. The molecule has 0 aromatic heterocycles. The third-order valence-electron chi connectivity index (χ3n) is 3.56. The van der Waals surface area contributed by atoms with Crippen LogP contribution in [0.1, 0.15) is 19.8 Å². The average molecular weight is 225 g/mol. The summed E-state index contributed by atoms with van der Waals surface area (Å²) in [6.07, 6.45) is 1.75. The van der Waals surface area contributed by atoms with Crippen molar-refractivity contribution in [1.82, 2.24) is 15.5 Å². The molecule has 2 amide bonds. The summed E-state index contributed by atoms with van der Waals surface area (Å²) < 4.78 is 0. The Bertz CT molecular complexity index is 306. The molecule has 0 aliphatic carbocycles. The molecule has 2 N–H and O–H groups in total. The second kappa shape index (κ2) is 4.41. The maximum atomic E-state index is 11.9. The summed E-state index contributed by atoms with van der Waals surface area (Å²) in [4.78, 5) is 25.2. The van der Waals surface area contributed by atoms with Gasteiger partial charge in [0.25, 0.3) is 0 Å². The molecule has 2 aliphatic rings. The van der Waals surface area contributed by atoms with E-state index in [0.29, 0.717) is 5.92 Å². The van der Waals surface area contributed by atoms with Gasteiger partial charge in [-0.15, -0.1) is 0 Å². The third-order valence-corrected chi connectivity index (χ3v) is 3.56. The molecule has 2 aliphatic heterocycles. The third kappa shape index (κ3) is 2.04. The number of hydrogen-bond donors (Lipinski definition) is 2. The highest BCUT2D eigenvalue weighted by Crippen LogP contribution is 2.15. The fourth-order valence-corrected chi connectivity index (χ4v) is 2.40. The zero-order chi connectivity index (χ0) is 11.7. The molecule has 0 bridgehead atoms. The van der Waals surface area contributed by atoms with Crippen molar-refractivity contribution in [2.24, 2.45) is 5.92 Å². The van der Waals surface area contributed by atoms with Crippen LogP contribution in [0.5, 0.6) is 0 Å². The minimum absolute atomic E-state index is 0.0269. The normalized spacial score (nSPS) is 34.5. The van der Waals surface area contributed by atoms with Crippen LogP contribution in [-0.2, 0) is 9.59 Å². The molecule has 2 saturated heterocycles. The molecule has 5 heteroatoms. The molecule has 16 heavy (non-hydrogen) atoms. The van der Waals surface area contributed by atoms with Crippen molar-refractivity contribution in [3.8, 4) is 0 Å². The highest BCUT2D eigenvalue weighted by Gasteiger charge is 2.35. The van der Waals surface area contributed by atoms with E-state index < -0.39 is 0 Å². The summed E-state index contributed by atoms with van der Waals surface area (Å²) >= 11 is 0. The van der Waals surface area contributed by atoms with E-state index in [4.69, 9.17) is 0 Å². The number of hydrogen-bond acceptors (Lipinski definition) is 3. The van der Waals surface area contributed by atoms with Gasteiger partial charge in [0.2, 0.25) is 11.8 Å². The lowest BCUT2D eigenvalue weighted by molar-refractivity contribution is -0.132. The van der Waals surface area contributed by atoms with E-state index in [1.54, 1.807) is 11.9 Å². The first kappa shape index (κ1) is 11.4. The van der Waals surface area contributed by atoms with Gasteiger partial charge in [-0.1, -0.05) is 6.92 Å². The van der Waals surface area contributed by atoms with E-state index in [-0.39, 0.29) is 23.9 Å². The Hall–Kier alpha value is -1.10. The lowest BCUT2D eigenvalue weighted by Gasteiger charge is -2.18. The topological polar surface area (TPSA) is 61.4 Å². The van der Waals surface area contributed by atoms with E-state index >= 15 is 0 Å². The predicted molar refractivity (Wildman–Crippen MR) is 59.8 cm³/mol. The van der Waals surface area contributed by atoms with Gasteiger partial charge in [0.1, 0.15) is 6.04 Å². The van der Waals surface area contributed by atoms with Gasteiger partial charge in [0.15, 0.2) is 0 Å². The number of carbonyl (C=O) groups is 2. The second-order valence-corrected chi connectivity index (χ2v) is 4.81. The van der Waals surface area contributed by atoms with Crippen molar-refractivity contribution in [1.29, 1.82) is 0 Å². The van der Waals surface area contributed by atoms with E-state index in [0.717, 1.165) is 25.9 Å². The van der Waals surface area contributed by atoms with Crippen molar-refractivity contribution in [2.45, 2.75) is 31.8 Å². The smallest absolute Gasteiger partial charge is 0.244 e. The molecule has 0 radical (unpaired) electrons. The van der Waals surface area contributed by atoms with Crippen LogP contribution in [0.2, 0.25) is 0 Å². The Morgan fingerprint density at radius 1 is 1.50 bits per heavy atom. The summed E-state index contributed by atoms with van der Waals surface area (Å²) in [7, 11) is 1.77. The van der Waals surface area contributed by atoms with Crippen LogP contribution in [0.3, 0.4) is 0 Å². The molecule has 0 aromatic rings. The van der Waals surface area contributed by atoms with Crippen LogP contribution >= 0.6 is 0 Å². The Labute approximate surface area is 95.6 Å². The Morgan fingerprint density at radius 2 is 2.25 bits per heavy atom. The lowest BCUT2D eigenvalue weighted by atomic mass is 10.0. The Kier molecular flexibility index (Phi) is 3.14. The van der Waals surface area contributed by atoms with Gasteiger partial charge in [0, 0.05) is 13.6 Å². The first-order valence-electron chi connectivity index (χ1n) is 5.88. The van der Waals surface area contributed by atoms with E-state index in [2.05, 4.69) is 17.6 Å². The molecule has 3 unspecified atom stereocenters. The van der Waals surface area contributed by atoms with E-state index in [9.17, 15) is 9.59 Å². The van der Waals surface area contributed by atoms with Gasteiger partial charge in [-0.05, 0) is 25.3 Å². The monoisotopic (exact) mass is 225 g/mol. The zero-order valence-corrected chi connectivity index (χ0v) is 9.82. The van der Waals surface area contributed by atoms with Crippen LogP contribution in [-0.4, -0.2) is 48.9 Å². The van der Waals surface area contributed by atoms with Crippen molar-refractivity contribution >= 4 is 11.8 Å². The number of carbonyl (C=O) groups excluding carboxylic acids is 2. The number of rotatable bonds is 2. The summed E-state index contributed by atoms with van der Waals surface area (Å²) in [5.41, 5.74) is 0. The first-order chi connectivity index (χ1) is 7.59. The molecule has 90 valence electrons. The summed E-state index contributed by atoms with van der Waals surface area (Å²) in [6, 6.07) is -0.439. The second-order valence-electron chi connectivity index (χ2n) is 4.81. The molecule has 2 rings (SSSR count). The maximum absolute atomic E-state index is 11.9. The fourth-order valence-electron chi connectivity index (χ4n) is 2.40. The Balaban J connectivity index is 1.90. The number of nitrogens with zero attached hydrogens (tertiary/aromatic N) is 1. The van der Waals surface area contributed by atoms with E-state index in [1.165, 1.54) is 0 Å². The molecular weight excluding hydrogens is 206 g/mol. The van der Waals surface area contributed by atoms with Gasteiger partial charge >= 0.3 is 0 Å². The highest BCUT2D eigenvalue weighted by molar-refractivity contribution is 5.91. The molecule has 5 nitrogen and oxygen atoms in total. The van der Waals surface area contributed by atoms with Crippen molar-refractivity contribution < 1.29 is 9.59 Å². The SMILES string of the molecule is CC1CCNC1C(=O)NC1CCN(C)C1=O. The van der Waals surface area contributed by atoms with Gasteiger partial charge in [-0.25, -0.2) is 0 Å². The lowest BCUT2D eigenvalue weighted by Crippen LogP contribution is -2.49. The van der Waals surface area contributed by atoms with Gasteiger partial charge in [-0.2, -0.15) is 0 Å². The Morgan fingerprint density at radius 3 is 2.75 bits per heavy atom. The molecule has 0 aromatic carbocycles. The number of likely N-dealkylation sites (N-methyl/N-ethyl adjacent to an activating group) is 1. The van der Waals surface area contributed by atoms with Crippen LogP contribution < -0.4 is 10.6 Å². The largest absolute Gasteiger partial charge is 0.344 e. The number of nitrogens with one attached hydrogen (secondary N) is 2. The minimum atomic E-state index is -0.313. The van der Waals surface area contributed by atoms with Gasteiger partial charge < -0.3 is 15.5 Å². The molecule has 2 fully saturated rings. The van der Waals surface area contributed by atoms with E-state index in [1.807, 2.05) is 0 Å². The summed E-state index contributed by atoms with van der Waals surface area (Å²) in [5, 5.41) is 6.01. The molecule has 3 atom stereocenters. The standard InChI is InChI=1S/C11H19N3O2/c1-7-3-5-12-9(7)10(15)13-8-4-6-14(2)11(8)16/h7-9,12H,3-6H2,1-2H3,(H,13,15). The van der Waals surface area contributed by atoms with Gasteiger partial charge in [-0.3, -0.25) is 9.59 Å². The van der Waals surface area contributed by atoms with Crippen molar-refractivity contribution in [2.75, 3.05) is 20.1 Å². The number of amides is 2. The first-order valence-corrected chi connectivity index (χ1v) is 5.88. The summed E-state index contributed by atoms with van der Waals surface area (Å²) in [6.45, 7) is 3.68. The summed E-state index contributed by atoms with van der Waals surface area (Å²) in [5.74, 6) is 0.354. The molecule has 0 spiro atoms. The van der Waals surface area contributed by atoms with Crippen molar-refractivity contribution in [3.63, 3.8) is 0 Å². The quantitative estimate of drug-likeness (QED) is 0.655. The number of likely N-dealkylation sites (tertiary alicyclic amines) is 1. The fraction of sp³-hybridized carbons (Fsp3) is 0.818. The zero-order valence-electron chi connectivity index (χ0n) is 9.82. The van der Waals surface area contributed by atoms with Crippen LogP contribution in [0.25, 0.3) is 0 Å². The maximum Gasteiger partial charge on any atom is 0.244 e. The highest BCUT2D eigenvalue weighted by atomic mass is 16.2. The van der Waals surface area contributed by atoms with Crippen LogP contribution in [0.15, 0.2) is 0 Å². The minimum Gasteiger partial charge on any atom is -0.344 e. The van der Waals surface area contributed by atoms with Crippen LogP contribution in [0.4, 0.5) is 0 Å². The average Bonchev–Trinajstić information content (AvgIpc) is 2.79. The van der Waals surface area contributed by atoms with Crippen LogP contribution in [0, 0.1) is 5.92 Å². The van der Waals surface area contributed by atoms with Crippen molar-refractivity contribution in [3.05, 3.63) is 0 Å². The molecule has 2 heterocycles.